The molecule has 0 aliphatic heterocycles. The van der Waals surface area contributed by atoms with Crippen molar-refractivity contribution in [2.45, 2.75) is 0 Å². The minimum atomic E-state index is 0.455. The molecule has 0 amide bonds. The fraction of sp³-hybridized carbons (Fsp3) is 0. The predicted molar refractivity (Wildman–Crippen MR) is 47.4 cm³/mol. The SMILES string of the molecule is C#C/C(N)=C\c1ccccc1. The topological polar surface area (TPSA) is 26.0 Å². The van der Waals surface area contributed by atoms with Crippen LogP contribution in [-0.2, 0) is 0 Å². The average Bonchev–Trinajstić information content (AvgIpc) is 2.06. The summed E-state index contributed by atoms with van der Waals surface area (Å²) in [6, 6.07) is 9.73. The lowest BCUT2D eigenvalue weighted by Gasteiger charge is -1.91. The van der Waals surface area contributed by atoms with Gasteiger partial charge in [-0.2, -0.15) is 0 Å². The van der Waals surface area contributed by atoms with Crippen LogP contribution in [0.3, 0.4) is 0 Å². The molecular formula is C10H9N. The molecule has 0 fully saturated rings. The molecule has 0 radical (unpaired) electrons. The van der Waals surface area contributed by atoms with Crippen LogP contribution in [0, 0.1) is 12.3 Å². The normalized spacial score (nSPS) is 10.6. The van der Waals surface area contributed by atoms with Crippen LogP contribution in [0.15, 0.2) is 36.0 Å². The molecule has 11 heavy (non-hydrogen) atoms. The van der Waals surface area contributed by atoms with Crippen LogP contribution in [0.5, 0.6) is 0 Å². The minimum absolute atomic E-state index is 0.455. The van der Waals surface area contributed by atoms with Gasteiger partial charge in [-0.25, -0.2) is 0 Å². The fourth-order valence-corrected chi connectivity index (χ4v) is 0.770. The van der Waals surface area contributed by atoms with Crippen molar-refractivity contribution in [2.24, 2.45) is 5.73 Å². The van der Waals surface area contributed by atoms with Gasteiger partial charge in [-0.3, -0.25) is 0 Å². The van der Waals surface area contributed by atoms with E-state index in [0.29, 0.717) is 5.70 Å². The van der Waals surface area contributed by atoms with Crippen molar-refractivity contribution in [3.8, 4) is 12.3 Å². The molecule has 0 aromatic heterocycles. The van der Waals surface area contributed by atoms with E-state index in [9.17, 15) is 0 Å². The van der Waals surface area contributed by atoms with Gasteiger partial charge in [0.2, 0.25) is 0 Å². The number of benzene rings is 1. The maximum absolute atomic E-state index is 5.43. The van der Waals surface area contributed by atoms with E-state index in [0.717, 1.165) is 5.56 Å². The van der Waals surface area contributed by atoms with Crippen LogP contribution in [0.2, 0.25) is 0 Å². The molecule has 1 aromatic rings. The number of nitrogens with two attached hydrogens (primary N) is 1. The first-order chi connectivity index (χ1) is 5.33. The van der Waals surface area contributed by atoms with Gasteiger partial charge in [-0.05, 0) is 11.6 Å². The average molecular weight is 143 g/mol. The van der Waals surface area contributed by atoms with E-state index in [-0.39, 0.29) is 0 Å². The van der Waals surface area contributed by atoms with Crippen molar-refractivity contribution in [1.29, 1.82) is 0 Å². The molecule has 1 heteroatoms. The van der Waals surface area contributed by atoms with Gasteiger partial charge in [-0.15, -0.1) is 6.42 Å². The Hall–Kier alpha value is -1.68. The van der Waals surface area contributed by atoms with Crippen molar-refractivity contribution in [3.63, 3.8) is 0 Å². The number of hydrogen-bond donors (Lipinski definition) is 1. The third kappa shape index (κ3) is 2.19. The maximum Gasteiger partial charge on any atom is 0.0830 e. The third-order valence-electron chi connectivity index (χ3n) is 1.29. The van der Waals surface area contributed by atoms with E-state index in [4.69, 9.17) is 12.2 Å². The molecule has 0 unspecified atom stereocenters. The van der Waals surface area contributed by atoms with E-state index >= 15 is 0 Å². The van der Waals surface area contributed by atoms with Crippen LogP contribution in [-0.4, -0.2) is 0 Å². The largest absolute Gasteiger partial charge is 0.392 e. The summed E-state index contributed by atoms with van der Waals surface area (Å²) >= 11 is 0. The Morgan fingerprint density at radius 3 is 2.55 bits per heavy atom. The van der Waals surface area contributed by atoms with Crippen molar-refractivity contribution >= 4 is 6.08 Å². The standard InChI is InChI=1S/C10H9N/c1-2-10(11)8-9-6-4-3-5-7-9/h1,3-8H,11H2/b10-8+. The Morgan fingerprint density at radius 2 is 2.00 bits per heavy atom. The lowest BCUT2D eigenvalue weighted by Crippen LogP contribution is -1.91. The van der Waals surface area contributed by atoms with Crippen molar-refractivity contribution < 1.29 is 0 Å². The molecule has 0 spiro atoms. The number of rotatable bonds is 1. The van der Waals surface area contributed by atoms with E-state index in [1.807, 2.05) is 30.3 Å². The van der Waals surface area contributed by atoms with E-state index in [1.54, 1.807) is 6.08 Å². The molecule has 0 saturated carbocycles. The van der Waals surface area contributed by atoms with Gasteiger partial charge in [0.25, 0.3) is 0 Å². The zero-order valence-electron chi connectivity index (χ0n) is 6.12. The molecule has 0 saturated heterocycles. The molecule has 0 aliphatic carbocycles. The van der Waals surface area contributed by atoms with Crippen molar-refractivity contribution in [2.75, 3.05) is 0 Å². The first-order valence-electron chi connectivity index (χ1n) is 3.32. The van der Waals surface area contributed by atoms with Crippen LogP contribution in [0.1, 0.15) is 5.56 Å². The first kappa shape index (κ1) is 7.43. The van der Waals surface area contributed by atoms with Gasteiger partial charge in [0.05, 0.1) is 5.70 Å². The Balaban J connectivity index is 2.90. The van der Waals surface area contributed by atoms with Gasteiger partial charge in [-0.1, -0.05) is 36.3 Å². The molecule has 0 aliphatic rings. The second kappa shape index (κ2) is 3.48. The van der Waals surface area contributed by atoms with Crippen LogP contribution in [0.25, 0.3) is 6.08 Å². The molecular weight excluding hydrogens is 134 g/mol. The van der Waals surface area contributed by atoms with Gasteiger partial charge in [0, 0.05) is 0 Å². The summed E-state index contributed by atoms with van der Waals surface area (Å²) in [5.41, 5.74) is 6.92. The molecule has 0 atom stereocenters. The summed E-state index contributed by atoms with van der Waals surface area (Å²) in [5.74, 6) is 2.35. The Morgan fingerprint density at radius 1 is 1.36 bits per heavy atom. The summed E-state index contributed by atoms with van der Waals surface area (Å²) in [5, 5.41) is 0. The highest BCUT2D eigenvalue weighted by atomic mass is 14.5. The van der Waals surface area contributed by atoms with Crippen molar-refractivity contribution in [1.82, 2.24) is 0 Å². The Kier molecular flexibility index (Phi) is 2.35. The zero-order valence-corrected chi connectivity index (χ0v) is 6.12. The highest BCUT2D eigenvalue weighted by molar-refractivity contribution is 5.56. The summed E-state index contributed by atoms with van der Waals surface area (Å²) in [6.07, 6.45) is 6.84. The first-order valence-corrected chi connectivity index (χ1v) is 3.32. The number of terminal acetylenes is 1. The monoisotopic (exact) mass is 143 g/mol. The number of hydrogen-bond acceptors (Lipinski definition) is 1. The predicted octanol–water partition coefficient (Wildman–Crippen LogP) is 1.62. The Bertz CT molecular complexity index is 290. The number of allylic oxidation sites excluding steroid dienone is 1. The van der Waals surface area contributed by atoms with Gasteiger partial charge >= 0.3 is 0 Å². The maximum atomic E-state index is 5.43. The van der Waals surface area contributed by atoms with Gasteiger partial charge < -0.3 is 5.73 Å². The summed E-state index contributed by atoms with van der Waals surface area (Å²) < 4.78 is 0. The molecule has 54 valence electrons. The Labute approximate surface area is 66.5 Å². The summed E-state index contributed by atoms with van der Waals surface area (Å²) in [7, 11) is 0. The highest BCUT2D eigenvalue weighted by Gasteiger charge is 1.84. The quantitative estimate of drug-likeness (QED) is 0.594. The highest BCUT2D eigenvalue weighted by Crippen LogP contribution is 2.01. The zero-order chi connectivity index (χ0) is 8.10. The van der Waals surface area contributed by atoms with Crippen molar-refractivity contribution in [3.05, 3.63) is 41.6 Å². The minimum Gasteiger partial charge on any atom is -0.392 e. The van der Waals surface area contributed by atoms with E-state index in [2.05, 4.69) is 5.92 Å². The second-order valence-electron chi connectivity index (χ2n) is 2.15. The lowest BCUT2D eigenvalue weighted by atomic mass is 10.2. The van der Waals surface area contributed by atoms with Crippen LogP contribution >= 0.6 is 0 Å². The molecule has 1 rings (SSSR count). The van der Waals surface area contributed by atoms with Gasteiger partial charge in [0.15, 0.2) is 0 Å². The second-order valence-corrected chi connectivity index (χ2v) is 2.15. The van der Waals surface area contributed by atoms with Crippen LogP contribution in [0.4, 0.5) is 0 Å². The summed E-state index contributed by atoms with van der Waals surface area (Å²) in [6.45, 7) is 0. The van der Waals surface area contributed by atoms with Gasteiger partial charge in [0.1, 0.15) is 0 Å². The fourth-order valence-electron chi connectivity index (χ4n) is 0.770. The molecule has 0 bridgehead atoms. The van der Waals surface area contributed by atoms with E-state index in [1.165, 1.54) is 0 Å². The molecule has 1 aromatic carbocycles. The smallest absolute Gasteiger partial charge is 0.0830 e. The lowest BCUT2D eigenvalue weighted by molar-refractivity contribution is 1.49. The third-order valence-corrected chi connectivity index (χ3v) is 1.29. The molecule has 1 nitrogen and oxygen atoms in total. The molecule has 0 heterocycles. The van der Waals surface area contributed by atoms with Crippen LogP contribution < -0.4 is 5.73 Å². The molecule has 2 N–H and O–H groups in total. The summed E-state index contributed by atoms with van der Waals surface area (Å²) in [4.78, 5) is 0. The van der Waals surface area contributed by atoms with E-state index < -0.39 is 0 Å².